The van der Waals surface area contributed by atoms with Crippen molar-refractivity contribution in [2.75, 3.05) is 26.9 Å². The van der Waals surface area contributed by atoms with Gasteiger partial charge in [0.1, 0.15) is 11.5 Å². The van der Waals surface area contributed by atoms with Gasteiger partial charge in [0.2, 0.25) is 0 Å². The maximum Gasteiger partial charge on any atom is 0.118 e. The van der Waals surface area contributed by atoms with Gasteiger partial charge in [-0.3, -0.25) is 0 Å². The zero-order valence-corrected chi connectivity index (χ0v) is 11.9. The van der Waals surface area contributed by atoms with Crippen molar-refractivity contribution in [3.05, 3.63) is 23.2 Å². The lowest BCUT2D eigenvalue weighted by Gasteiger charge is -2.04. The maximum absolute atomic E-state index is 5.68. The zero-order valence-electron chi connectivity index (χ0n) is 11.9. The molecule has 1 aromatic rings. The van der Waals surface area contributed by atoms with Crippen LogP contribution in [-0.2, 0) is 22.6 Å². The van der Waals surface area contributed by atoms with Gasteiger partial charge in [-0.15, -0.1) is 0 Å². The van der Waals surface area contributed by atoms with Gasteiger partial charge in [-0.1, -0.05) is 13.8 Å². The molecule has 0 aliphatic carbocycles. The molecule has 4 heteroatoms. The van der Waals surface area contributed by atoms with Crippen molar-refractivity contribution < 1.29 is 13.9 Å². The molecule has 0 aliphatic heterocycles. The van der Waals surface area contributed by atoms with Crippen molar-refractivity contribution in [3.63, 3.8) is 0 Å². The average molecular weight is 255 g/mol. The first-order chi connectivity index (χ1) is 8.63. The highest BCUT2D eigenvalue weighted by Gasteiger charge is 2.07. The van der Waals surface area contributed by atoms with Gasteiger partial charge in [-0.05, 0) is 25.5 Å². The highest BCUT2D eigenvalue weighted by molar-refractivity contribution is 5.19. The fraction of sp³-hybridized carbons (Fsp3) is 0.714. The lowest BCUT2D eigenvalue weighted by atomic mass is 10.2. The largest absolute Gasteiger partial charge is 0.465 e. The van der Waals surface area contributed by atoms with E-state index in [2.05, 4.69) is 25.2 Å². The molecule has 0 saturated carbocycles. The lowest BCUT2D eigenvalue weighted by Crippen LogP contribution is -2.18. The molecule has 0 aromatic carbocycles. The monoisotopic (exact) mass is 255 g/mol. The van der Waals surface area contributed by atoms with Crippen LogP contribution in [0.25, 0.3) is 0 Å². The summed E-state index contributed by atoms with van der Waals surface area (Å²) in [5.41, 5.74) is 1.12. The SMILES string of the molecule is COCCOCc1cc(CNCC(C)C)oc1C. The van der Waals surface area contributed by atoms with E-state index in [0.717, 1.165) is 30.2 Å². The molecule has 0 amide bonds. The standard InChI is InChI=1S/C14H25NO3/c1-11(2)8-15-9-14-7-13(12(3)18-14)10-17-6-5-16-4/h7,11,15H,5-6,8-10H2,1-4H3. The second kappa shape index (κ2) is 8.29. The first-order valence-corrected chi connectivity index (χ1v) is 6.49. The van der Waals surface area contributed by atoms with Crippen LogP contribution in [0.1, 0.15) is 30.9 Å². The van der Waals surface area contributed by atoms with E-state index in [4.69, 9.17) is 13.9 Å². The Morgan fingerprint density at radius 2 is 2.11 bits per heavy atom. The molecule has 4 nitrogen and oxygen atoms in total. The summed E-state index contributed by atoms with van der Waals surface area (Å²) in [7, 11) is 1.67. The molecule has 0 atom stereocenters. The number of hydrogen-bond acceptors (Lipinski definition) is 4. The molecule has 1 rings (SSSR count). The lowest BCUT2D eigenvalue weighted by molar-refractivity contribution is 0.0611. The molecule has 0 radical (unpaired) electrons. The number of furan rings is 1. The van der Waals surface area contributed by atoms with E-state index < -0.39 is 0 Å². The van der Waals surface area contributed by atoms with Crippen molar-refractivity contribution in [3.8, 4) is 0 Å². The Morgan fingerprint density at radius 1 is 1.33 bits per heavy atom. The van der Waals surface area contributed by atoms with Crippen LogP contribution in [-0.4, -0.2) is 26.9 Å². The third-order valence-electron chi connectivity index (χ3n) is 2.61. The zero-order chi connectivity index (χ0) is 13.4. The van der Waals surface area contributed by atoms with E-state index >= 15 is 0 Å². The summed E-state index contributed by atoms with van der Waals surface area (Å²) < 4.78 is 16.1. The molecular formula is C14H25NO3. The predicted molar refractivity (Wildman–Crippen MR) is 71.5 cm³/mol. The fourth-order valence-electron chi connectivity index (χ4n) is 1.63. The quantitative estimate of drug-likeness (QED) is 0.689. The van der Waals surface area contributed by atoms with Crippen molar-refractivity contribution in [2.45, 2.75) is 33.9 Å². The van der Waals surface area contributed by atoms with Gasteiger partial charge >= 0.3 is 0 Å². The minimum atomic E-state index is 0.586. The summed E-state index contributed by atoms with van der Waals surface area (Å²) >= 11 is 0. The topological polar surface area (TPSA) is 43.6 Å². The molecule has 1 aromatic heterocycles. The van der Waals surface area contributed by atoms with Crippen LogP contribution in [0.2, 0.25) is 0 Å². The van der Waals surface area contributed by atoms with Crippen LogP contribution >= 0.6 is 0 Å². The average Bonchev–Trinajstić information content (AvgIpc) is 2.65. The summed E-state index contributed by atoms with van der Waals surface area (Å²) in [6.07, 6.45) is 0. The van der Waals surface area contributed by atoms with Crippen LogP contribution < -0.4 is 5.32 Å². The Labute approximate surface area is 110 Å². The van der Waals surface area contributed by atoms with Crippen LogP contribution in [0.15, 0.2) is 10.5 Å². The number of methoxy groups -OCH3 is 1. The van der Waals surface area contributed by atoms with E-state index in [9.17, 15) is 0 Å². The van der Waals surface area contributed by atoms with Gasteiger partial charge in [0.05, 0.1) is 26.4 Å². The van der Waals surface area contributed by atoms with Crippen LogP contribution in [0, 0.1) is 12.8 Å². The van der Waals surface area contributed by atoms with Crippen LogP contribution in [0.4, 0.5) is 0 Å². The highest BCUT2D eigenvalue weighted by atomic mass is 16.5. The molecule has 0 spiro atoms. The van der Waals surface area contributed by atoms with Crippen LogP contribution in [0.3, 0.4) is 0 Å². The first-order valence-electron chi connectivity index (χ1n) is 6.49. The van der Waals surface area contributed by atoms with E-state index in [1.807, 2.05) is 6.92 Å². The van der Waals surface area contributed by atoms with E-state index in [0.29, 0.717) is 25.7 Å². The number of nitrogens with one attached hydrogen (secondary N) is 1. The van der Waals surface area contributed by atoms with Crippen molar-refractivity contribution in [1.29, 1.82) is 0 Å². The first kappa shape index (κ1) is 15.2. The summed E-state index contributed by atoms with van der Waals surface area (Å²) in [5, 5.41) is 3.36. The second-order valence-electron chi connectivity index (χ2n) is 4.86. The van der Waals surface area contributed by atoms with Gasteiger partial charge < -0.3 is 19.2 Å². The second-order valence-corrected chi connectivity index (χ2v) is 4.86. The molecule has 1 heterocycles. The van der Waals surface area contributed by atoms with Gasteiger partial charge in [0, 0.05) is 12.7 Å². The normalized spacial score (nSPS) is 11.4. The minimum absolute atomic E-state index is 0.586. The molecule has 1 N–H and O–H groups in total. The van der Waals surface area contributed by atoms with Crippen molar-refractivity contribution in [2.24, 2.45) is 5.92 Å². The molecular weight excluding hydrogens is 230 g/mol. The highest BCUT2D eigenvalue weighted by Crippen LogP contribution is 2.15. The molecule has 0 saturated heterocycles. The molecule has 18 heavy (non-hydrogen) atoms. The number of aryl methyl sites for hydroxylation is 1. The smallest absolute Gasteiger partial charge is 0.118 e. The van der Waals surface area contributed by atoms with E-state index in [-0.39, 0.29) is 0 Å². The molecule has 0 fully saturated rings. The summed E-state index contributed by atoms with van der Waals surface area (Å²) in [5.74, 6) is 2.56. The van der Waals surface area contributed by atoms with Gasteiger partial charge in [-0.2, -0.15) is 0 Å². The Kier molecular flexibility index (Phi) is 7.01. The van der Waals surface area contributed by atoms with Gasteiger partial charge in [0.15, 0.2) is 0 Å². The minimum Gasteiger partial charge on any atom is -0.465 e. The van der Waals surface area contributed by atoms with Gasteiger partial charge in [-0.25, -0.2) is 0 Å². The van der Waals surface area contributed by atoms with Crippen molar-refractivity contribution in [1.82, 2.24) is 5.32 Å². The van der Waals surface area contributed by atoms with Crippen molar-refractivity contribution >= 4 is 0 Å². The van der Waals surface area contributed by atoms with E-state index in [1.165, 1.54) is 0 Å². The van der Waals surface area contributed by atoms with Gasteiger partial charge in [0.25, 0.3) is 0 Å². The number of hydrogen-bond donors (Lipinski definition) is 1. The maximum atomic E-state index is 5.68. The summed E-state index contributed by atoms with van der Waals surface area (Å²) in [6.45, 7) is 9.95. The molecule has 104 valence electrons. The Morgan fingerprint density at radius 3 is 2.78 bits per heavy atom. The molecule has 0 bridgehead atoms. The summed E-state index contributed by atoms with van der Waals surface area (Å²) in [6, 6.07) is 2.06. The van der Waals surface area contributed by atoms with E-state index in [1.54, 1.807) is 7.11 Å². The third kappa shape index (κ3) is 5.67. The predicted octanol–water partition coefficient (Wildman–Crippen LogP) is 2.50. The Bertz CT molecular complexity index is 334. The summed E-state index contributed by atoms with van der Waals surface area (Å²) in [4.78, 5) is 0. The molecule has 0 aliphatic rings. The number of ether oxygens (including phenoxy) is 2. The third-order valence-corrected chi connectivity index (χ3v) is 2.61. The Hall–Kier alpha value is -0.840. The molecule has 0 unspecified atom stereocenters. The Balaban J connectivity index is 2.33. The van der Waals surface area contributed by atoms with Crippen LogP contribution in [0.5, 0.6) is 0 Å². The number of rotatable bonds is 9. The fourth-order valence-corrected chi connectivity index (χ4v) is 1.63.